The zero-order chi connectivity index (χ0) is 22.3. The number of nitrogens with zero attached hydrogens (tertiary/aromatic N) is 2. The molecule has 28 heavy (non-hydrogen) atoms. The lowest BCUT2D eigenvalue weighted by molar-refractivity contribution is -0.126. The molecule has 0 radical (unpaired) electrons. The first-order chi connectivity index (χ1) is 13.2. The Morgan fingerprint density at radius 1 is 1.25 bits per heavy atom. The average molecular weight is 405 g/mol. The fraction of sp³-hybridized carbons (Fsp3) is 0.444. The van der Waals surface area contributed by atoms with Gasteiger partial charge in [0.15, 0.2) is 0 Å². The smallest absolute Gasteiger partial charge is 0.386 e. The second kappa shape index (κ2) is 14.2. The van der Waals surface area contributed by atoms with Crippen molar-refractivity contribution in [2.45, 2.75) is 33.0 Å². The Bertz CT molecular complexity index is 616. The molecule has 0 bridgehead atoms. The average Bonchev–Trinajstić information content (AvgIpc) is 2.67. The zero-order valence-corrected chi connectivity index (χ0v) is 16.1. The van der Waals surface area contributed by atoms with Crippen LogP contribution in [0.1, 0.15) is 25.8 Å². The molecule has 0 aliphatic carbocycles. The van der Waals surface area contributed by atoms with Crippen LogP contribution in [0, 0.1) is 5.92 Å². The van der Waals surface area contributed by atoms with Crippen LogP contribution >= 0.6 is 0 Å². The SMILES string of the molecule is C=O.C=O.CC(F)(F)F.CNc1ccccc1CN1CCC(C)/C(=N\O)C1=O. The van der Waals surface area contributed by atoms with E-state index in [4.69, 9.17) is 14.8 Å². The Kier molecular flexibility index (Phi) is 13.8. The van der Waals surface area contributed by atoms with Gasteiger partial charge in [-0.2, -0.15) is 13.2 Å². The predicted octanol–water partition coefficient (Wildman–Crippen LogP) is 3.13. The van der Waals surface area contributed by atoms with Gasteiger partial charge >= 0.3 is 6.18 Å². The normalized spacial score (nSPS) is 17.2. The van der Waals surface area contributed by atoms with Gasteiger partial charge in [-0.25, -0.2) is 0 Å². The molecule has 1 aliphatic heterocycles. The number of amides is 1. The lowest BCUT2D eigenvalue weighted by Crippen LogP contribution is -2.45. The van der Waals surface area contributed by atoms with Crippen molar-refractivity contribution < 1.29 is 32.8 Å². The van der Waals surface area contributed by atoms with Gasteiger partial charge in [0.2, 0.25) is 0 Å². The van der Waals surface area contributed by atoms with Gasteiger partial charge in [0, 0.05) is 38.7 Å². The van der Waals surface area contributed by atoms with Crippen LogP contribution < -0.4 is 5.32 Å². The Balaban J connectivity index is 0. The third-order valence-corrected chi connectivity index (χ3v) is 3.56. The van der Waals surface area contributed by atoms with Gasteiger partial charge < -0.3 is 25.0 Å². The number of carbonyl (C=O) groups excluding carboxylic acids is 3. The molecule has 0 saturated carbocycles. The Hall–Kier alpha value is -2.91. The first kappa shape index (κ1) is 27.3. The van der Waals surface area contributed by atoms with Crippen molar-refractivity contribution in [2.75, 3.05) is 18.9 Å². The summed E-state index contributed by atoms with van der Waals surface area (Å²) in [5.41, 5.74) is 2.33. The molecule has 2 rings (SSSR count). The standard InChI is InChI=1S/C14H19N3O2.C2H3F3.2CH2O/c1-10-7-8-17(14(18)13(10)16-19)9-11-5-3-4-6-12(11)15-2;1-2(3,4)5;2*1-2/h3-6,10,15,19H,7-9H2,1-2H3;1H3;2*1H2/b16-13+;;;. The number of piperidine rings is 1. The lowest BCUT2D eigenvalue weighted by Gasteiger charge is -2.31. The third kappa shape index (κ3) is 10.3. The summed E-state index contributed by atoms with van der Waals surface area (Å²) in [6.45, 7) is 7.32. The largest absolute Gasteiger partial charge is 0.410 e. The van der Waals surface area contributed by atoms with E-state index >= 15 is 0 Å². The molecule has 1 saturated heterocycles. The van der Waals surface area contributed by atoms with Gasteiger partial charge in [-0.3, -0.25) is 4.79 Å². The lowest BCUT2D eigenvalue weighted by atomic mass is 9.95. The van der Waals surface area contributed by atoms with Crippen molar-refractivity contribution in [1.29, 1.82) is 0 Å². The molecular weight excluding hydrogens is 379 g/mol. The molecule has 1 fully saturated rings. The van der Waals surface area contributed by atoms with Crippen LogP contribution in [0.3, 0.4) is 0 Å². The van der Waals surface area contributed by atoms with Crippen LogP contribution in [0.15, 0.2) is 29.4 Å². The van der Waals surface area contributed by atoms with Gasteiger partial charge in [0.05, 0.1) is 0 Å². The molecule has 1 heterocycles. The van der Waals surface area contributed by atoms with Crippen LogP contribution in [0.2, 0.25) is 0 Å². The third-order valence-electron chi connectivity index (χ3n) is 3.56. The number of nitrogens with one attached hydrogen (secondary N) is 1. The Morgan fingerprint density at radius 2 is 1.75 bits per heavy atom. The molecule has 1 aromatic carbocycles. The first-order valence-corrected chi connectivity index (χ1v) is 8.08. The molecule has 158 valence electrons. The van der Waals surface area contributed by atoms with Crippen LogP contribution in [0.4, 0.5) is 18.9 Å². The molecule has 1 aliphatic rings. The van der Waals surface area contributed by atoms with E-state index in [1.54, 1.807) is 4.90 Å². The maximum atomic E-state index is 12.2. The minimum absolute atomic E-state index is 0.0216. The molecule has 1 aromatic rings. The highest BCUT2D eigenvalue weighted by molar-refractivity contribution is 6.39. The molecule has 7 nitrogen and oxygen atoms in total. The van der Waals surface area contributed by atoms with Gasteiger partial charge in [-0.1, -0.05) is 30.3 Å². The van der Waals surface area contributed by atoms with E-state index < -0.39 is 6.18 Å². The van der Waals surface area contributed by atoms with Gasteiger partial charge in [0.1, 0.15) is 19.3 Å². The summed E-state index contributed by atoms with van der Waals surface area (Å²) in [5, 5.41) is 15.2. The second-order valence-corrected chi connectivity index (χ2v) is 5.59. The fourth-order valence-electron chi connectivity index (χ4n) is 2.36. The van der Waals surface area contributed by atoms with E-state index in [0.29, 0.717) is 13.1 Å². The zero-order valence-electron chi connectivity index (χ0n) is 16.1. The number of hydrogen-bond acceptors (Lipinski definition) is 6. The number of rotatable bonds is 3. The van der Waals surface area contributed by atoms with Crippen molar-refractivity contribution in [3.8, 4) is 0 Å². The van der Waals surface area contributed by atoms with Crippen molar-refractivity contribution in [1.82, 2.24) is 4.90 Å². The number of benzene rings is 1. The highest BCUT2D eigenvalue weighted by Gasteiger charge is 2.30. The highest BCUT2D eigenvalue weighted by Crippen LogP contribution is 2.21. The second-order valence-electron chi connectivity index (χ2n) is 5.59. The van der Waals surface area contributed by atoms with Crippen LogP contribution in [-0.2, 0) is 20.9 Å². The molecule has 10 heteroatoms. The number of likely N-dealkylation sites (tertiary alicyclic amines) is 1. The summed E-state index contributed by atoms with van der Waals surface area (Å²) in [4.78, 5) is 29.9. The molecule has 0 spiro atoms. The minimum atomic E-state index is -4.00. The maximum absolute atomic E-state index is 12.2. The van der Waals surface area contributed by atoms with Gasteiger partial charge in [-0.05, 0) is 18.1 Å². The van der Waals surface area contributed by atoms with Gasteiger partial charge in [-0.15, -0.1) is 0 Å². The molecule has 1 atom stereocenters. The number of halogens is 3. The maximum Gasteiger partial charge on any atom is 0.386 e. The summed E-state index contributed by atoms with van der Waals surface area (Å²) in [6, 6.07) is 7.88. The van der Waals surface area contributed by atoms with Crippen LogP contribution in [0.25, 0.3) is 0 Å². The summed E-state index contributed by atoms with van der Waals surface area (Å²) >= 11 is 0. The molecule has 1 amide bonds. The summed E-state index contributed by atoms with van der Waals surface area (Å²) in [6.07, 6.45) is -3.17. The quantitative estimate of drug-likeness (QED) is 0.595. The van der Waals surface area contributed by atoms with Crippen LogP contribution in [0.5, 0.6) is 0 Å². The van der Waals surface area contributed by atoms with Crippen molar-refractivity contribution >= 4 is 30.9 Å². The molecule has 1 unspecified atom stereocenters. The number of carbonyl (C=O) groups is 3. The number of para-hydroxylation sites is 1. The predicted molar refractivity (Wildman–Crippen MR) is 100 cm³/mol. The van der Waals surface area contributed by atoms with Crippen molar-refractivity contribution in [3.63, 3.8) is 0 Å². The topological polar surface area (TPSA) is 99.1 Å². The number of hydrogen-bond donors (Lipinski definition) is 2. The molecule has 0 aromatic heterocycles. The van der Waals surface area contributed by atoms with E-state index in [1.165, 1.54) is 0 Å². The Labute approximate surface area is 162 Å². The molecule has 2 N–H and O–H groups in total. The van der Waals surface area contributed by atoms with Crippen LogP contribution in [-0.4, -0.2) is 55.1 Å². The number of alkyl halides is 3. The number of anilines is 1. The summed E-state index contributed by atoms with van der Waals surface area (Å²) in [7, 11) is 1.86. The van der Waals surface area contributed by atoms with E-state index in [-0.39, 0.29) is 24.5 Å². The summed E-state index contributed by atoms with van der Waals surface area (Å²) < 4.78 is 31.1. The fourth-order valence-corrected chi connectivity index (χ4v) is 2.36. The van der Waals surface area contributed by atoms with E-state index in [2.05, 4.69) is 10.5 Å². The summed E-state index contributed by atoms with van der Waals surface area (Å²) in [5.74, 6) is -0.152. The van der Waals surface area contributed by atoms with E-state index in [0.717, 1.165) is 17.7 Å². The minimum Gasteiger partial charge on any atom is -0.410 e. The highest BCUT2D eigenvalue weighted by atomic mass is 19.4. The van der Waals surface area contributed by atoms with Crippen molar-refractivity contribution in [2.24, 2.45) is 11.1 Å². The van der Waals surface area contributed by atoms with E-state index in [1.807, 2.05) is 51.8 Å². The monoisotopic (exact) mass is 405 g/mol. The Morgan fingerprint density at radius 3 is 2.21 bits per heavy atom. The van der Waals surface area contributed by atoms with Gasteiger partial charge in [0.25, 0.3) is 5.91 Å². The first-order valence-electron chi connectivity index (χ1n) is 8.08. The van der Waals surface area contributed by atoms with E-state index in [9.17, 15) is 18.0 Å². The number of oxime groups is 1. The molecular formula is C18H26F3N3O4. The van der Waals surface area contributed by atoms with Crippen molar-refractivity contribution in [3.05, 3.63) is 29.8 Å².